The van der Waals surface area contributed by atoms with Crippen LogP contribution in [-0.4, -0.2) is 29.4 Å². The van der Waals surface area contributed by atoms with Crippen LogP contribution < -0.4 is 0 Å². The van der Waals surface area contributed by atoms with Crippen LogP contribution in [0, 0.1) is 0 Å². The van der Waals surface area contributed by atoms with E-state index in [9.17, 15) is 9.90 Å². The fraction of sp³-hybridized carbons (Fsp3) is 0.312. The molecule has 0 bridgehead atoms. The van der Waals surface area contributed by atoms with Crippen LogP contribution in [0.2, 0.25) is 0 Å². The molecule has 20 heavy (non-hydrogen) atoms. The Hall–Kier alpha value is -1.91. The van der Waals surface area contributed by atoms with Crippen molar-refractivity contribution in [1.29, 1.82) is 0 Å². The Labute approximate surface area is 116 Å². The molecule has 0 spiro atoms. The second-order valence-electron chi connectivity index (χ2n) is 5.08. The van der Waals surface area contributed by atoms with Crippen molar-refractivity contribution in [2.75, 3.05) is 13.2 Å². The third-order valence-electron chi connectivity index (χ3n) is 3.77. The lowest BCUT2D eigenvalue weighted by Gasteiger charge is -2.14. The fourth-order valence-electron chi connectivity index (χ4n) is 2.91. The van der Waals surface area contributed by atoms with Crippen LogP contribution in [0.25, 0.3) is 10.8 Å². The number of carboxylic acids is 1. The number of aryl methyl sites for hydroxylation is 2. The van der Waals surface area contributed by atoms with Gasteiger partial charge < -0.3 is 14.9 Å². The van der Waals surface area contributed by atoms with Crippen molar-refractivity contribution in [3.05, 3.63) is 47.0 Å². The molecule has 0 heterocycles. The minimum absolute atomic E-state index is 0.00895. The van der Waals surface area contributed by atoms with Crippen LogP contribution in [0.1, 0.15) is 22.8 Å². The number of ether oxygens (including phenoxy) is 1. The molecule has 0 amide bonds. The van der Waals surface area contributed by atoms with Gasteiger partial charge in [-0.2, -0.15) is 0 Å². The molecule has 2 aromatic carbocycles. The molecule has 4 nitrogen and oxygen atoms in total. The van der Waals surface area contributed by atoms with Crippen LogP contribution in [0.3, 0.4) is 0 Å². The number of hydrogen-bond acceptors (Lipinski definition) is 3. The van der Waals surface area contributed by atoms with E-state index in [-0.39, 0.29) is 6.61 Å². The summed E-state index contributed by atoms with van der Waals surface area (Å²) in [7, 11) is 0. The first-order valence-corrected chi connectivity index (χ1v) is 6.68. The number of aliphatic carboxylic acids is 1. The summed E-state index contributed by atoms with van der Waals surface area (Å²) in [5.41, 5.74) is 3.44. The predicted octanol–water partition coefficient (Wildman–Crippen LogP) is 2.07. The summed E-state index contributed by atoms with van der Waals surface area (Å²) in [6.07, 6.45) is 1.28. The zero-order valence-corrected chi connectivity index (χ0v) is 11.0. The monoisotopic (exact) mass is 272 g/mol. The number of carboxylic acid groups (broad SMARTS) is 1. The zero-order valence-electron chi connectivity index (χ0n) is 11.0. The molecule has 1 atom stereocenters. The average molecular weight is 272 g/mol. The van der Waals surface area contributed by atoms with E-state index in [0.29, 0.717) is 0 Å². The van der Waals surface area contributed by atoms with E-state index in [0.717, 1.165) is 23.8 Å². The van der Waals surface area contributed by atoms with E-state index < -0.39 is 18.7 Å². The van der Waals surface area contributed by atoms with Gasteiger partial charge in [-0.05, 0) is 40.3 Å². The Bertz CT molecular complexity index is 653. The smallest absolute Gasteiger partial charge is 0.329 e. The molecule has 0 saturated heterocycles. The number of benzene rings is 2. The number of carbonyl (C=O) groups is 1. The Kier molecular flexibility index (Phi) is 3.42. The van der Waals surface area contributed by atoms with Crippen molar-refractivity contribution in [1.82, 2.24) is 0 Å². The molecule has 3 rings (SSSR count). The topological polar surface area (TPSA) is 66.8 Å². The Balaban J connectivity index is 1.91. The maximum absolute atomic E-state index is 10.4. The van der Waals surface area contributed by atoms with Crippen LogP contribution in [0.4, 0.5) is 0 Å². The highest BCUT2D eigenvalue weighted by atomic mass is 16.5. The molecule has 4 heteroatoms. The third kappa shape index (κ3) is 2.28. The molecule has 104 valence electrons. The highest BCUT2D eigenvalue weighted by molar-refractivity contribution is 5.93. The zero-order chi connectivity index (χ0) is 14.1. The largest absolute Gasteiger partial charge is 0.480 e. The summed E-state index contributed by atoms with van der Waals surface area (Å²) in [4.78, 5) is 10.4. The normalized spacial score (nSPS) is 14.7. The Morgan fingerprint density at radius 3 is 2.70 bits per heavy atom. The molecular weight excluding hydrogens is 256 g/mol. The molecular formula is C16H16O4. The molecule has 2 N–H and O–H groups in total. The first-order chi connectivity index (χ1) is 9.66. The molecule has 1 unspecified atom stereocenters. The second-order valence-corrected chi connectivity index (χ2v) is 5.08. The van der Waals surface area contributed by atoms with Crippen molar-refractivity contribution in [3.63, 3.8) is 0 Å². The summed E-state index contributed by atoms with van der Waals surface area (Å²) in [5, 5.41) is 21.0. The fourth-order valence-corrected chi connectivity index (χ4v) is 2.91. The van der Waals surface area contributed by atoms with Gasteiger partial charge in [-0.1, -0.05) is 30.3 Å². The predicted molar refractivity (Wildman–Crippen MR) is 74.8 cm³/mol. The van der Waals surface area contributed by atoms with E-state index >= 15 is 0 Å². The van der Waals surface area contributed by atoms with Crippen molar-refractivity contribution in [3.8, 4) is 0 Å². The van der Waals surface area contributed by atoms with Crippen LogP contribution in [0.15, 0.2) is 30.3 Å². The Morgan fingerprint density at radius 1 is 1.20 bits per heavy atom. The lowest BCUT2D eigenvalue weighted by Crippen LogP contribution is -2.13. The van der Waals surface area contributed by atoms with Crippen molar-refractivity contribution < 1.29 is 19.7 Å². The summed E-state index contributed by atoms with van der Waals surface area (Å²) < 4.78 is 4.99. The molecule has 2 aromatic rings. The highest BCUT2D eigenvalue weighted by Crippen LogP contribution is 2.34. The van der Waals surface area contributed by atoms with E-state index in [1.807, 2.05) is 18.2 Å². The number of hydrogen-bond donors (Lipinski definition) is 2. The molecule has 1 aliphatic rings. The van der Waals surface area contributed by atoms with Gasteiger partial charge in [0.2, 0.25) is 0 Å². The van der Waals surface area contributed by atoms with E-state index in [4.69, 9.17) is 9.84 Å². The van der Waals surface area contributed by atoms with E-state index in [1.165, 1.54) is 16.5 Å². The lowest BCUT2D eigenvalue weighted by molar-refractivity contribution is -0.143. The summed E-state index contributed by atoms with van der Waals surface area (Å²) in [5.74, 6) is -1.03. The standard InChI is InChI=1S/C16H16O4/c17-14(8-20-9-15(18)19)12-7-6-11-5-4-10-2-1-3-13(12)16(10)11/h1-3,6-7,14,17H,4-5,8-9H2,(H,18,19). The van der Waals surface area contributed by atoms with Crippen LogP contribution in [0.5, 0.6) is 0 Å². The molecule has 0 aromatic heterocycles. The lowest BCUT2D eigenvalue weighted by atomic mass is 9.97. The van der Waals surface area contributed by atoms with Gasteiger partial charge in [0, 0.05) is 0 Å². The summed E-state index contributed by atoms with van der Waals surface area (Å²) in [6, 6.07) is 10.1. The molecule has 1 aliphatic carbocycles. The van der Waals surface area contributed by atoms with E-state index in [1.54, 1.807) is 0 Å². The highest BCUT2D eigenvalue weighted by Gasteiger charge is 2.19. The van der Waals surface area contributed by atoms with Crippen LogP contribution >= 0.6 is 0 Å². The van der Waals surface area contributed by atoms with Crippen LogP contribution in [-0.2, 0) is 22.4 Å². The van der Waals surface area contributed by atoms with Crippen molar-refractivity contribution >= 4 is 16.7 Å². The Morgan fingerprint density at radius 2 is 1.95 bits per heavy atom. The first kappa shape index (κ1) is 13.1. The van der Waals surface area contributed by atoms with Gasteiger partial charge in [0.05, 0.1) is 6.61 Å². The number of rotatable bonds is 5. The molecule has 0 fully saturated rings. The first-order valence-electron chi connectivity index (χ1n) is 6.68. The summed E-state index contributed by atoms with van der Waals surface area (Å²) in [6.45, 7) is -0.400. The van der Waals surface area contributed by atoms with Gasteiger partial charge in [0.1, 0.15) is 12.7 Å². The minimum Gasteiger partial charge on any atom is -0.480 e. The van der Waals surface area contributed by atoms with Gasteiger partial charge in [0.25, 0.3) is 0 Å². The quantitative estimate of drug-likeness (QED) is 0.874. The van der Waals surface area contributed by atoms with Crippen molar-refractivity contribution in [2.24, 2.45) is 0 Å². The minimum atomic E-state index is -1.03. The summed E-state index contributed by atoms with van der Waals surface area (Å²) >= 11 is 0. The SMILES string of the molecule is O=C(O)COCC(O)c1ccc2c3c(cccc13)CC2. The third-order valence-corrected chi connectivity index (χ3v) is 3.77. The van der Waals surface area contributed by atoms with Gasteiger partial charge in [-0.3, -0.25) is 0 Å². The van der Waals surface area contributed by atoms with Gasteiger partial charge in [0.15, 0.2) is 0 Å². The second kappa shape index (κ2) is 5.23. The van der Waals surface area contributed by atoms with Gasteiger partial charge in [-0.15, -0.1) is 0 Å². The van der Waals surface area contributed by atoms with E-state index in [2.05, 4.69) is 12.1 Å². The number of aliphatic hydroxyl groups is 1. The molecule has 0 radical (unpaired) electrons. The number of aliphatic hydroxyl groups excluding tert-OH is 1. The maximum atomic E-state index is 10.4. The molecule has 0 saturated carbocycles. The van der Waals surface area contributed by atoms with Gasteiger partial charge in [-0.25, -0.2) is 4.79 Å². The maximum Gasteiger partial charge on any atom is 0.329 e. The van der Waals surface area contributed by atoms with Gasteiger partial charge >= 0.3 is 5.97 Å². The molecule has 0 aliphatic heterocycles. The van der Waals surface area contributed by atoms with Crippen molar-refractivity contribution in [2.45, 2.75) is 18.9 Å². The average Bonchev–Trinajstić information content (AvgIpc) is 2.84.